The molecule has 322 valence electrons. The van der Waals surface area contributed by atoms with Gasteiger partial charge in [0.1, 0.15) is 0 Å². The molecule has 0 spiro atoms. The zero-order valence-electron chi connectivity index (χ0n) is 35.6. The first-order valence-electron chi connectivity index (χ1n) is 22.6. The Kier molecular flexibility index (Phi) is 40.4. The van der Waals surface area contributed by atoms with Gasteiger partial charge < -0.3 is 10.6 Å². The van der Waals surface area contributed by atoms with Crippen LogP contribution >= 0.6 is 12.4 Å². The Morgan fingerprint density at radius 2 is 0.604 bits per heavy atom. The highest BCUT2D eigenvalue weighted by Gasteiger charge is 2.21. The molecule has 0 aliphatic rings. The molecule has 53 heavy (non-hydrogen) atoms. The molecular formula is C42H91ClN4O4S2. The van der Waals surface area contributed by atoms with E-state index >= 15 is 0 Å². The quantitative estimate of drug-likeness (QED) is 0.0616. The molecule has 8 nitrogen and oxygen atoms in total. The number of hydrogen-bond donors (Lipinski definition) is 1. The average Bonchev–Trinajstić information content (AvgIpc) is 3.12. The minimum atomic E-state index is -3.14. The third-order valence-electron chi connectivity index (χ3n) is 10.5. The predicted molar refractivity (Wildman–Crippen MR) is 235 cm³/mol. The normalized spacial score (nSPS) is 12.4. The Morgan fingerprint density at radius 3 is 0.943 bits per heavy atom. The number of sulfonamides is 2. The molecular weight excluding hydrogens is 724 g/mol. The lowest BCUT2D eigenvalue weighted by Gasteiger charge is -2.22. The van der Waals surface area contributed by atoms with Gasteiger partial charge in [-0.1, -0.05) is 143 Å². The lowest BCUT2D eigenvalue weighted by molar-refractivity contribution is 0.255. The molecule has 0 radical (unpaired) electrons. The van der Waals surface area contributed by atoms with E-state index in [0.29, 0.717) is 37.7 Å². The van der Waals surface area contributed by atoms with Crippen LogP contribution in [0.1, 0.15) is 207 Å². The fourth-order valence-corrected chi connectivity index (χ4v) is 10.2. The zero-order chi connectivity index (χ0) is 38.6. The summed E-state index contributed by atoms with van der Waals surface area (Å²) in [6.45, 7) is 15.6. The molecule has 11 heteroatoms. The Bertz CT molecular complexity index is 900. The van der Waals surface area contributed by atoms with Crippen molar-refractivity contribution in [2.75, 3.05) is 63.9 Å². The van der Waals surface area contributed by atoms with Gasteiger partial charge >= 0.3 is 0 Å². The standard InChI is InChI=1S/C42H90N4O4S2.ClH/c1-5-9-13-28-39-45(37-11-7-3)51(47,48)41-31-23-19-15-17-21-26-34-44(36-30-25-33-43)35-27-22-18-16-20-24-32-42-52(49,50)46(38-12-8-4)40-29-14-10-6-2;/h5-43H2,1-4H3;1H. The van der Waals surface area contributed by atoms with Gasteiger partial charge in [0.05, 0.1) is 11.5 Å². The molecule has 0 aromatic heterocycles. The van der Waals surface area contributed by atoms with Crippen LogP contribution in [0, 0.1) is 0 Å². The van der Waals surface area contributed by atoms with Crippen molar-refractivity contribution in [2.24, 2.45) is 5.73 Å². The summed E-state index contributed by atoms with van der Waals surface area (Å²) in [5.74, 6) is 0.619. The predicted octanol–water partition coefficient (Wildman–Crippen LogP) is 10.9. The van der Waals surface area contributed by atoms with Gasteiger partial charge in [-0.3, -0.25) is 0 Å². The molecule has 0 saturated heterocycles. The van der Waals surface area contributed by atoms with Crippen LogP contribution in [0.15, 0.2) is 0 Å². The summed E-state index contributed by atoms with van der Waals surface area (Å²) in [6, 6.07) is 0. The highest BCUT2D eigenvalue weighted by Crippen LogP contribution is 2.16. The van der Waals surface area contributed by atoms with Crippen molar-refractivity contribution in [2.45, 2.75) is 207 Å². The van der Waals surface area contributed by atoms with Crippen molar-refractivity contribution in [3.63, 3.8) is 0 Å². The summed E-state index contributed by atoms with van der Waals surface area (Å²) in [5.41, 5.74) is 5.78. The van der Waals surface area contributed by atoms with Crippen LogP contribution in [-0.4, -0.2) is 94.2 Å². The molecule has 0 atom stereocenters. The molecule has 0 aliphatic heterocycles. The summed E-state index contributed by atoms with van der Waals surface area (Å²) >= 11 is 0. The second-order valence-corrected chi connectivity index (χ2v) is 19.7. The Morgan fingerprint density at radius 1 is 0.340 bits per heavy atom. The van der Waals surface area contributed by atoms with Crippen LogP contribution in [0.5, 0.6) is 0 Å². The molecule has 0 rings (SSSR count). The summed E-state index contributed by atoms with van der Waals surface area (Å²) in [6.07, 6.45) is 30.9. The fraction of sp³-hybridized carbons (Fsp3) is 1.00. The van der Waals surface area contributed by atoms with E-state index in [1.54, 1.807) is 8.61 Å². The lowest BCUT2D eigenvalue weighted by Crippen LogP contribution is -2.34. The van der Waals surface area contributed by atoms with Gasteiger partial charge in [0.15, 0.2) is 0 Å². The number of rotatable bonds is 42. The third kappa shape index (κ3) is 32.8. The van der Waals surface area contributed by atoms with Crippen molar-refractivity contribution in [3.8, 4) is 0 Å². The Hall–Kier alpha value is 0.0300. The molecule has 0 aliphatic carbocycles. The van der Waals surface area contributed by atoms with E-state index in [1.165, 1.54) is 83.5 Å². The van der Waals surface area contributed by atoms with Crippen LogP contribution in [0.2, 0.25) is 0 Å². The van der Waals surface area contributed by atoms with E-state index in [1.807, 2.05) is 0 Å². The van der Waals surface area contributed by atoms with Crippen LogP contribution in [0.3, 0.4) is 0 Å². The second kappa shape index (κ2) is 38.9. The number of halogens is 1. The highest BCUT2D eigenvalue weighted by molar-refractivity contribution is 7.89. The van der Waals surface area contributed by atoms with Crippen molar-refractivity contribution < 1.29 is 16.8 Å². The van der Waals surface area contributed by atoms with Crippen molar-refractivity contribution in [3.05, 3.63) is 0 Å². The highest BCUT2D eigenvalue weighted by atomic mass is 35.5. The van der Waals surface area contributed by atoms with Gasteiger partial charge in [0.25, 0.3) is 0 Å². The van der Waals surface area contributed by atoms with Crippen LogP contribution < -0.4 is 5.73 Å². The van der Waals surface area contributed by atoms with E-state index in [9.17, 15) is 16.8 Å². The maximum atomic E-state index is 13.0. The minimum Gasteiger partial charge on any atom is -0.330 e. The molecule has 0 amide bonds. The van der Waals surface area contributed by atoms with Crippen molar-refractivity contribution in [1.82, 2.24) is 13.5 Å². The van der Waals surface area contributed by atoms with E-state index in [4.69, 9.17) is 5.73 Å². The average molecular weight is 816 g/mol. The monoisotopic (exact) mass is 815 g/mol. The van der Waals surface area contributed by atoms with Gasteiger partial charge in [-0.05, 0) is 90.4 Å². The SMILES string of the molecule is CCCCCCN(CCCC)S(=O)(=O)CCCCCCCCCN(CCCCN)CCCCCCCCCS(=O)(=O)N(CCCC)CCCCCC.Cl. The van der Waals surface area contributed by atoms with Gasteiger partial charge in [0.2, 0.25) is 20.0 Å². The minimum absolute atomic E-state index is 0. The molecule has 0 unspecified atom stereocenters. The first-order chi connectivity index (χ1) is 25.2. The maximum Gasteiger partial charge on any atom is 0.214 e. The second-order valence-electron chi connectivity index (χ2n) is 15.5. The topological polar surface area (TPSA) is 104 Å². The van der Waals surface area contributed by atoms with Crippen LogP contribution in [0.25, 0.3) is 0 Å². The van der Waals surface area contributed by atoms with Gasteiger partial charge in [-0.25, -0.2) is 25.4 Å². The molecule has 0 aromatic rings. The molecule has 0 heterocycles. The summed E-state index contributed by atoms with van der Waals surface area (Å²) < 4.78 is 55.6. The van der Waals surface area contributed by atoms with E-state index in [0.717, 1.165) is 122 Å². The van der Waals surface area contributed by atoms with Gasteiger partial charge in [-0.15, -0.1) is 12.4 Å². The zero-order valence-corrected chi connectivity index (χ0v) is 38.1. The lowest BCUT2D eigenvalue weighted by atomic mass is 10.1. The Labute approximate surface area is 338 Å². The maximum absolute atomic E-state index is 13.0. The summed E-state index contributed by atoms with van der Waals surface area (Å²) in [5, 5.41) is 0. The largest absolute Gasteiger partial charge is 0.330 e. The van der Waals surface area contributed by atoms with Crippen LogP contribution in [0.4, 0.5) is 0 Å². The first kappa shape index (κ1) is 55.1. The number of nitrogens with two attached hydrogens (primary N) is 1. The van der Waals surface area contributed by atoms with E-state index < -0.39 is 20.0 Å². The van der Waals surface area contributed by atoms with E-state index in [2.05, 4.69) is 32.6 Å². The first-order valence-corrected chi connectivity index (χ1v) is 25.8. The molecule has 2 N–H and O–H groups in total. The number of hydrogen-bond acceptors (Lipinski definition) is 6. The fourth-order valence-electron chi connectivity index (χ4n) is 6.96. The third-order valence-corrected chi connectivity index (χ3v) is 14.4. The van der Waals surface area contributed by atoms with Crippen molar-refractivity contribution >= 4 is 32.5 Å². The summed E-state index contributed by atoms with van der Waals surface area (Å²) in [7, 11) is -6.27. The molecule has 0 saturated carbocycles. The van der Waals surface area contributed by atoms with Gasteiger partial charge in [0, 0.05) is 26.2 Å². The smallest absolute Gasteiger partial charge is 0.214 e. The Balaban J connectivity index is 0. The molecule has 0 aromatic carbocycles. The number of nitrogens with zero attached hydrogens (tertiary/aromatic N) is 3. The number of unbranched alkanes of at least 4 members (excludes halogenated alkanes) is 21. The van der Waals surface area contributed by atoms with Crippen molar-refractivity contribution in [1.29, 1.82) is 0 Å². The summed E-state index contributed by atoms with van der Waals surface area (Å²) in [4.78, 5) is 2.64. The molecule has 0 bridgehead atoms. The van der Waals surface area contributed by atoms with Gasteiger partial charge in [-0.2, -0.15) is 0 Å². The van der Waals surface area contributed by atoms with E-state index in [-0.39, 0.29) is 12.4 Å². The molecule has 0 fully saturated rings. The van der Waals surface area contributed by atoms with Crippen LogP contribution in [-0.2, 0) is 20.0 Å².